The zero-order valence-corrected chi connectivity index (χ0v) is 19.9. The fraction of sp³-hybridized carbons (Fsp3) is 0.609. The van der Waals surface area contributed by atoms with Crippen LogP contribution in [0.4, 0.5) is 4.79 Å². The summed E-state index contributed by atoms with van der Waals surface area (Å²) in [6, 6.07) is 3.62. The summed E-state index contributed by atoms with van der Waals surface area (Å²) < 4.78 is 12.9. The minimum atomic E-state index is -0.764. The molecule has 10 nitrogen and oxygen atoms in total. The number of nitrogens with one attached hydrogen (secondary N) is 1. The van der Waals surface area contributed by atoms with E-state index in [2.05, 4.69) is 20.6 Å². The predicted molar refractivity (Wildman–Crippen MR) is 121 cm³/mol. The fourth-order valence-corrected chi connectivity index (χ4v) is 3.72. The summed E-state index contributed by atoms with van der Waals surface area (Å²) in [7, 11) is 1.75. The summed E-state index contributed by atoms with van der Waals surface area (Å²) in [6.07, 6.45) is 2.22. The third kappa shape index (κ3) is 6.66. The van der Waals surface area contributed by atoms with E-state index in [4.69, 9.17) is 9.47 Å². The van der Waals surface area contributed by atoms with Crippen molar-refractivity contribution in [3.8, 4) is 17.1 Å². The molecule has 0 unspecified atom stereocenters. The van der Waals surface area contributed by atoms with E-state index in [-0.39, 0.29) is 24.0 Å². The molecule has 0 aliphatic heterocycles. The first-order chi connectivity index (χ1) is 15.5. The molecule has 1 fully saturated rings. The van der Waals surface area contributed by atoms with Gasteiger partial charge < -0.3 is 19.9 Å². The summed E-state index contributed by atoms with van der Waals surface area (Å²) in [5, 5.41) is 20.3. The molecule has 10 heteroatoms. The van der Waals surface area contributed by atoms with Crippen LogP contribution >= 0.6 is 0 Å². The number of aromatic nitrogens is 4. The lowest BCUT2D eigenvalue weighted by atomic mass is 9.87. The van der Waals surface area contributed by atoms with Crippen LogP contribution in [0.5, 0.6) is 5.75 Å². The predicted octanol–water partition coefficient (Wildman–Crippen LogP) is 3.48. The maximum atomic E-state index is 12.0. The third-order valence-electron chi connectivity index (χ3n) is 5.53. The lowest BCUT2D eigenvalue weighted by Crippen LogP contribution is -2.29. The molecule has 2 N–H and O–H groups in total. The Hall–Kier alpha value is -3.17. The Kier molecular flexibility index (Phi) is 7.55. The molecule has 1 saturated carbocycles. The molecule has 0 aromatic carbocycles. The number of amides is 1. The average molecular weight is 460 g/mol. The molecule has 3 rings (SSSR count). The zero-order valence-electron chi connectivity index (χ0n) is 19.9. The maximum absolute atomic E-state index is 12.0. The van der Waals surface area contributed by atoms with E-state index in [0.717, 1.165) is 12.8 Å². The number of alkyl carbamates (subject to hydrolysis) is 1. The van der Waals surface area contributed by atoms with Crippen LogP contribution in [0, 0.1) is 18.3 Å². The molecule has 0 saturated heterocycles. The molecule has 2 aromatic heterocycles. The molecule has 1 aliphatic carbocycles. The van der Waals surface area contributed by atoms with Crippen molar-refractivity contribution in [1.29, 1.82) is 0 Å². The van der Waals surface area contributed by atoms with Crippen molar-refractivity contribution in [3.05, 3.63) is 23.5 Å². The minimum Gasteiger partial charge on any atom is -0.489 e. The second-order valence-corrected chi connectivity index (χ2v) is 9.72. The zero-order chi connectivity index (χ0) is 24.2. The Morgan fingerprint density at radius 1 is 1.27 bits per heavy atom. The minimum absolute atomic E-state index is 0.117. The lowest BCUT2D eigenvalue weighted by molar-refractivity contribution is -0.143. The van der Waals surface area contributed by atoms with Crippen LogP contribution < -0.4 is 10.1 Å². The number of carboxylic acids is 1. The van der Waals surface area contributed by atoms with Crippen LogP contribution in [-0.4, -0.2) is 49.9 Å². The van der Waals surface area contributed by atoms with Crippen molar-refractivity contribution in [2.45, 2.75) is 66.0 Å². The Balaban J connectivity index is 1.67. The highest BCUT2D eigenvalue weighted by Crippen LogP contribution is 2.30. The van der Waals surface area contributed by atoms with Gasteiger partial charge in [-0.25, -0.2) is 14.5 Å². The van der Waals surface area contributed by atoms with Gasteiger partial charge in [-0.15, -0.1) is 5.10 Å². The second kappa shape index (κ2) is 10.2. The van der Waals surface area contributed by atoms with Crippen molar-refractivity contribution in [2.75, 3.05) is 6.61 Å². The summed E-state index contributed by atoms with van der Waals surface area (Å²) in [5.74, 6) is -0.496. The van der Waals surface area contributed by atoms with Gasteiger partial charge in [0.15, 0.2) is 0 Å². The molecule has 2 atom stereocenters. The molecule has 1 aliphatic rings. The summed E-state index contributed by atoms with van der Waals surface area (Å²) in [4.78, 5) is 28.0. The van der Waals surface area contributed by atoms with Gasteiger partial charge in [-0.05, 0) is 50.2 Å². The van der Waals surface area contributed by atoms with Gasteiger partial charge in [-0.1, -0.05) is 26.0 Å². The summed E-state index contributed by atoms with van der Waals surface area (Å²) in [6.45, 7) is 8.32. The number of carbonyl (C=O) groups is 2. The smallest absolute Gasteiger partial charge is 0.407 e. The first-order valence-corrected chi connectivity index (χ1v) is 11.2. The van der Waals surface area contributed by atoms with Gasteiger partial charge in [0.2, 0.25) is 0 Å². The van der Waals surface area contributed by atoms with Crippen LogP contribution in [-0.2, 0) is 23.1 Å². The van der Waals surface area contributed by atoms with Crippen molar-refractivity contribution in [2.24, 2.45) is 18.4 Å². The number of pyridine rings is 1. The first-order valence-electron chi connectivity index (χ1n) is 11.2. The number of nitrogens with zero attached hydrogens (tertiary/aromatic N) is 4. The Morgan fingerprint density at radius 2 is 2.03 bits per heavy atom. The molecule has 180 valence electrons. The van der Waals surface area contributed by atoms with Crippen LogP contribution in [0.1, 0.15) is 57.8 Å². The Bertz CT molecular complexity index is 998. The number of carbonyl (C=O) groups excluding carboxylic acids is 1. The number of rotatable bonds is 7. The first kappa shape index (κ1) is 24.5. The second-order valence-electron chi connectivity index (χ2n) is 9.72. The highest BCUT2D eigenvalue weighted by Gasteiger charge is 2.28. The number of aryl methyl sites for hydroxylation is 2. The van der Waals surface area contributed by atoms with E-state index in [1.807, 2.05) is 33.8 Å². The van der Waals surface area contributed by atoms with E-state index in [1.165, 1.54) is 0 Å². The number of carboxylic acid groups (broad SMARTS) is 1. The largest absolute Gasteiger partial charge is 0.489 e. The van der Waals surface area contributed by atoms with E-state index in [0.29, 0.717) is 48.0 Å². The molecule has 2 aromatic rings. The van der Waals surface area contributed by atoms with Crippen molar-refractivity contribution in [3.63, 3.8) is 0 Å². The number of ether oxygens (including phenoxy) is 2. The lowest BCUT2D eigenvalue weighted by Gasteiger charge is -2.27. The van der Waals surface area contributed by atoms with E-state index < -0.39 is 12.1 Å². The van der Waals surface area contributed by atoms with Gasteiger partial charge in [0.05, 0.1) is 42.3 Å². The van der Waals surface area contributed by atoms with Gasteiger partial charge in [-0.3, -0.25) is 4.79 Å². The van der Waals surface area contributed by atoms with Crippen molar-refractivity contribution < 1.29 is 24.2 Å². The van der Waals surface area contributed by atoms with Crippen LogP contribution in [0.15, 0.2) is 12.1 Å². The third-order valence-corrected chi connectivity index (χ3v) is 5.53. The molecule has 0 bridgehead atoms. The van der Waals surface area contributed by atoms with E-state index >= 15 is 0 Å². The molecule has 2 heterocycles. The Labute approximate surface area is 193 Å². The van der Waals surface area contributed by atoms with Crippen LogP contribution in [0.3, 0.4) is 0 Å². The SMILES string of the molecule is Cc1nc(-c2nnn(C)c2CNC(=O)OCC(C)(C)C)ccc1O[C@H]1CCC[C@H](C(=O)O)C1. The van der Waals surface area contributed by atoms with Gasteiger partial charge in [0, 0.05) is 7.05 Å². The highest BCUT2D eigenvalue weighted by molar-refractivity contribution is 5.70. The summed E-state index contributed by atoms with van der Waals surface area (Å²) in [5.41, 5.74) is 2.43. The van der Waals surface area contributed by atoms with Gasteiger partial charge >= 0.3 is 12.1 Å². The summed E-state index contributed by atoms with van der Waals surface area (Å²) >= 11 is 0. The topological polar surface area (TPSA) is 128 Å². The quantitative estimate of drug-likeness (QED) is 0.644. The van der Waals surface area contributed by atoms with Gasteiger partial charge in [-0.2, -0.15) is 0 Å². The van der Waals surface area contributed by atoms with Crippen LogP contribution in [0.25, 0.3) is 11.4 Å². The normalized spacial score (nSPS) is 18.6. The molecule has 0 radical (unpaired) electrons. The van der Waals surface area contributed by atoms with Gasteiger partial charge in [0.1, 0.15) is 11.4 Å². The highest BCUT2D eigenvalue weighted by atomic mass is 16.5. The number of hydrogen-bond acceptors (Lipinski definition) is 7. The van der Waals surface area contributed by atoms with Gasteiger partial charge in [0.25, 0.3) is 0 Å². The monoisotopic (exact) mass is 459 g/mol. The van der Waals surface area contributed by atoms with Crippen molar-refractivity contribution >= 4 is 12.1 Å². The van der Waals surface area contributed by atoms with E-state index in [1.54, 1.807) is 17.8 Å². The molecule has 1 amide bonds. The number of hydrogen-bond donors (Lipinski definition) is 2. The molecule has 33 heavy (non-hydrogen) atoms. The van der Waals surface area contributed by atoms with Crippen LogP contribution in [0.2, 0.25) is 0 Å². The van der Waals surface area contributed by atoms with E-state index in [9.17, 15) is 14.7 Å². The Morgan fingerprint density at radius 3 is 2.70 bits per heavy atom. The molecule has 0 spiro atoms. The van der Waals surface area contributed by atoms with Crippen molar-refractivity contribution in [1.82, 2.24) is 25.3 Å². The fourth-order valence-electron chi connectivity index (χ4n) is 3.72. The molecular weight excluding hydrogens is 426 g/mol. The number of aliphatic carboxylic acids is 1. The molecular formula is C23H33N5O5. The standard InChI is InChI=1S/C23H33N5O5/c1-14-19(33-16-8-6-7-15(11-16)21(29)30)10-9-17(25-14)20-18(28(5)27-26-20)12-24-22(31)32-13-23(2,3)4/h9-10,15-16H,6-8,11-13H2,1-5H3,(H,24,31)(H,29,30)/t15-,16-/m0/s1. The average Bonchev–Trinajstić information content (AvgIpc) is 3.12. The maximum Gasteiger partial charge on any atom is 0.407 e.